The molecule has 0 bridgehead atoms. The summed E-state index contributed by atoms with van der Waals surface area (Å²) in [6.45, 7) is 0. The highest BCUT2D eigenvalue weighted by atomic mass is 79.9. The fourth-order valence-electron chi connectivity index (χ4n) is 2.06. The molecule has 0 aromatic heterocycles. The standard InChI is InChI=1S/C17H12BrFN2O2S/c1-21-16(23)15(9-10-8-11(18)2-7-14(10)22)24-17(21)20-13-5-3-12(19)4-6-13/h2-9,22H,1H3/b15-9+,20-17?. The van der Waals surface area contributed by atoms with Gasteiger partial charge in [0.05, 0.1) is 10.6 Å². The summed E-state index contributed by atoms with van der Waals surface area (Å²) in [4.78, 5) is 18.6. The number of amidine groups is 1. The van der Waals surface area contributed by atoms with E-state index in [4.69, 9.17) is 0 Å². The quantitative estimate of drug-likeness (QED) is 0.745. The van der Waals surface area contributed by atoms with Gasteiger partial charge in [0.2, 0.25) is 0 Å². The lowest BCUT2D eigenvalue weighted by Gasteiger charge is -2.07. The second-order valence-corrected chi connectivity index (χ2v) is 6.97. The van der Waals surface area contributed by atoms with Gasteiger partial charge in [-0.15, -0.1) is 0 Å². The van der Waals surface area contributed by atoms with E-state index in [2.05, 4.69) is 20.9 Å². The lowest BCUT2D eigenvalue weighted by atomic mass is 10.2. The summed E-state index contributed by atoms with van der Waals surface area (Å²) >= 11 is 4.54. The van der Waals surface area contributed by atoms with Crippen molar-refractivity contribution in [1.29, 1.82) is 0 Å². The van der Waals surface area contributed by atoms with E-state index in [0.29, 0.717) is 21.3 Å². The van der Waals surface area contributed by atoms with Crippen molar-refractivity contribution < 1.29 is 14.3 Å². The maximum absolute atomic E-state index is 13.0. The number of thioether (sulfide) groups is 1. The van der Waals surface area contributed by atoms with Crippen molar-refractivity contribution in [2.75, 3.05) is 7.05 Å². The Balaban J connectivity index is 1.92. The van der Waals surface area contributed by atoms with Crippen molar-refractivity contribution in [1.82, 2.24) is 4.90 Å². The number of halogens is 2. The Bertz CT molecular complexity index is 865. The highest BCUT2D eigenvalue weighted by molar-refractivity contribution is 9.10. The van der Waals surface area contributed by atoms with Gasteiger partial charge < -0.3 is 5.11 Å². The lowest BCUT2D eigenvalue weighted by Crippen LogP contribution is -2.23. The van der Waals surface area contributed by atoms with Crippen LogP contribution in [-0.2, 0) is 4.79 Å². The average molecular weight is 407 g/mol. The molecule has 4 nitrogen and oxygen atoms in total. The summed E-state index contributed by atoms with van der Waals surface area (Å²) in [5, 5.41) is 10.4. The van der Waals surface area contributed by atoms with Gasteiger partial charge in [-0.25, -0.2) is 9.38 Å². The van der Waals surface area contributed by atoms with Crippen molar-refractivity contribution in [2.24, 2.45) is 4.99 Å². The number of carbonyl (C=O) groups is 1. The van der Waals surface area contributed by atoms with Gasteiger partial charge in [-0.3, -0.25) is 9.69 Å². The number of benzene rings is 2. The van der Waals surface area contributed by atoms with Gasteiger partial charge in [0.1, 0.15) is 11.6 Å². The number of phenols is 1. The van der Waals surface area contributed by atoms with Crippen molar-refractivity contribution in [3.05, 3.63) is 63.2 Å². The van der Waals surface area contributed by atoms with E-state index in [9.17, 15) is 14.3 Å². The summed E-state index contributed by atoms with van der Waals surface area (Å²) in [5.74, 6) is -0.459. The maximum Gasteiger partial charge on any atom is 0.266 e. The zero-order valence-electron chi connectivity index (χ0n) is 12.5. The van der Waals surface area contributed by atoms with E-state index in [1.165, 1.54) is 28.8 Å². The first-order chi connectivity index (χ1) is 11.4. The van der Waals surface area contributed by atoms with Crippen molar-refractivity contribution in [3.63, 3.8) is 0 Å². The predicted molar refractivity (Wildman–Crippen MR) is 97.6 cm³/mol. The van der Waals surface area contributed by atoms with Crippen molar-refractivity contribution >= 4 is 50.5 Å². The zero-order chi connectivity index (χ0) is 17.3. The SMILES string of the molecule is CN1C(=O)/C(=C\c2cc(Br)ccc2O)SC1=Nc1ccc(F)cc1. The number of aromatic hydroxyl groups is 1. The van der Waals surface area contributed by atoms with Crippen molar-refractivity contribution in [2.45, 2.75) is 0 Å². The number of phenolic OH excluding ortho intramolecular Hbond substituents is 1. The predicted octanol–water partition coefficient (Wildman–Crippen LogP) is 4.53. The molecular formula is C17H12BrFN2O2S. The monoisotopic (exact) mass is 406 g/mol. The smallest absolute Gasteiger partial charge is 0.266 e. The van der Waals surface area contributed by atoms with Gasteiger partial charge in [-0.1, -0.05) is 15.9 Å². The summed E-state index contributed by atoms with van der Waals surface area (Å²) < 4.78 is 13.8. The molecule has 1 heterocycles. The van der Waals surface area contributed by atoms with E-state index >= 15 is 0 Å². The molecule has 0 unspecified atom stereocenters. The van der Waals surface area contributed by atoms with Gasteiger partial charge in [0, 0.05) is 17.1 Å². The first kappa shape index (κ1) is 16.7. The molecular weight excluding hydrogens is 395 g/mol. The van der Waals surface area contributed by atoms with Crippen LogP contribution in [0.2, 0.25) is 0 Å². The molecule has 0 atom stereocenters. The Morgan fingerprint density at radius 2 is 1.96 bits per heavy atom. The molecule has 0 aliphatic carbocycles. The Labute approximate surface area is 150 Å². The van der Waals surface area contributed by atoms with Crippen LogP contribution in [0, 0.1) is 5.82 Å². The first-order valence-electron chi connectivity index (χ1n) is 6.94. The normalized spacial score (nSPS) is 18.0. The summed E-state index contributed by atoms with van der Waals surface area (Å²) in [6.07, 6.45) is 1.62. The molecule has 0 saturated carbocycles. The fourth-order valence-corrected chi connectivity index (χ4v) is 3.42. The van der Waals surface area contributed by atoms with Crippen LogP contribution in [-0.4, -0.2) is 28.1 Å². The van der Waals surface area contributed by atoms with Crippen LogP contribution >= 0.6 is 27.7 Å². The van der Waals surface area contributed by atoms with E-state index < -0.39 is 0 Å². The third kappa shape index (κ3) is 3.52. The Morgan fingerprint density at radius 1 is 1.25 bits per heavy atom. The zero-order valence-corrected chi connectivity index (χ0v) is 14.9. The molecule has 122 valence electrons. The molecule has 0 spiro atoms. The number of rotatable bonds is 2. The topological polar surface area (TPSA) is 52.9 Å². The molecule has 0 radical (unpaired) electrons. The number of hydrogen-bond acceptors (Lipinski definition) is 4. The molecule has 1 aliphatic rings. The van der Waals surface area contributed by atoms with Crippen molar-refractivity contribution in [3.8, 4) is 5.75 Å². The summed E-state index contributed by atoms with van der Waals surface area (Å²) in [5.41, 5.74) is 1.10. The third-order valence-electron chi connectivity index (χ3n) is 3.33. The van der Waals surface area contributed by atoms with Gasteiger partial charge in [-0.05, 0) is 60.3 Å². The van der Waals surface area contributed by atoms with Crippen LogP contribution in [0.3, 0.4) is 0 Å². The van der Waals surface area contributed by atoms with Crippen LogP contribution in [0.5, 0.6) is 5.75 Å². The van der Waals surface area contributed by atoms with E-state index in [1.807, 2.05) is 0 Å². The second kappa shape index (κ2) is 6.78. The molecule has 3 rings (SSSR count). The molecule has 1 N–H and O–H groups in total. The Morgan fingerprint density at radius 3 is 2.67 bits per heavy atom. The molecule has 1 amide bonds. The molecule has 1 fully saturated rings. The number of aliphatic imine (C=N–C) groups is 1. The molecule has 2 aromatic carbocycles. The maximum atomic E-state index is 13.0. The number of amides is 1. The van der Waals surface area contributed by atoms with E-state index in [-0.39, 0.29) is 17.5 Å². The fraction of sp³-hybridized carbons (Fsp3) is 0.0588. The molecule has 24 heavy (non-hydrogen) atoms. The minimum atomic E-state index is -0.340. The largest absolute Gasteiger partial charge is 0.507 e. The average Bonchev–Trinajstić information content (AvgIpc) is 2.81. The Kier molecular flexibility index (Phi) is 4.73. The summed E-state index contributed by atoms with van der Waals surface area (Å²) in [7, 11) is 1.62. The van der Waals surface area contributed by atoms with Gasteiger partial charge in [0.25, 0.3) is 5.91 Å². The highest BCUT2D eigenvalue weighted by Crippen LogP contribution is 2.35. The number of nitrogens with zero attached hydrogens (tertiary/aromatic N) is 2. The number of carbonyl (C=O) groups excluding carboxylic acids is 1. The van der Waals surface area contributed by atoms with Crippen LogP contribution in [0.15, 0.2) is 56.8 Å². The van der Waals surface area contributed by atoms with Crippen LogP contribution < -0.4 is 0 Å². The minimum absolute atomic E-state index is 0.0886. The van der Waals surface area contributed by atoms with Crippen LogP contribution in [0.25, 0.3) is 6.08 Å². The molecule has 1 aliphatic heterocycles. The van der Waals surface area contributed by atoms with Crippen LogP contribution in [0.1, 0.15) is 5.56 Å². The van der Waals surface area contributed by atoms with Crippen LogP contribution in [0.4, 0.5) is 10.1 Å². The molecule has 2 aromatic rings. The van der Waals surface area contributed by atoms with Gasteiger partial charge in [0.15, 0.2) is 5.17 Å². The second-order valence-electron chi connectivity index (χ2n) is 5.05. The van der Waals surface area contributed by atoms with E-state index in [0.717, 1.165) is 4.47 Å². The Hall–Kier alpha value is -2.12. The summed E-state index contributed by atoms with van der Waals surface area (Å²) in [6, 6.07) is 10.7. The number of likely N-dealkylation sites (N-methyl/N-ethyl adjacent to an activating group) is 1. The highest BCUT2D eigenvalue weighted by Gasteiger charge is 2.30. The number of hydrogen-bond donors (Lipinski definition) is 1. The minimum Gasteiger partial charge on any atom is -0.507 e. The van der Waals surface area contributed by atoms with Gasteiger partial charge in [-0.2, -0.15) is 0 Å². The first-order valence-corrected chi connectivity index (χ1v) is 8.55. The molecule has 1 saturated heterocycles. The lowest BCUT2D eigenvalue weighted by molar-refractivity contribution is -0.121. The van der Waals surface area contributed by atoms with E-state index in [1.54, 1.807) is 43.5 Å². The molecule has 7 heteroatoms. The van der Waals surface area contributed by atoms with Gasteiger partial charge >= 0.3 is 0 Å². The third-order valence-corrected chi connectivity index (χ3v) is 4.88.